The first-order valence-electron chi connectivity index (χ1n) is 5.82. The molecule has 1 amide bonds. The number of thiophene rings is 1. The summed E-state index contributed by atoms with van der Waals surface area (Å²) in [5.41, 5.74) is 5.19. The van der Waals surface area contributed by atoms with E-state index in [2.05, 4.69) is 22.9 Å². The van der Waals surface area contributed by atoms with Crippen LogP contribution in [-0.4, -0.2) is 36.2 Å². The van der Waals surface area contributed by atoms with E-state index in [0.29, 0.717) is 4.88 Å². The first kappa shape index (κ1) is 15.3. The summed E-state index contributed by atoms with van der Waals surface area (Å²) < 4.78 is 0.931. The van der Waals surface area contributed by atoms with Gasteiger partial charge in [0, 0.05) is 0 Å². The minimum absolute atomic E-state index is 0.0306. The Hall–Kier alpha value is -0.720. The zero-order valence-corrected chi connectivity index (χ0v) is 12.7. The van der Waals surface area contributed by atoms with Crippen LogP contribution in [0.15, 0.2) is 15.9 Å². The molecule has 6 heteroatoms. The highest BCUT2D eigenvalue weighted by Gasteiger charge is 2.15. The number of hydrogen-bond donors (Lipinski definition) is 1. The molecule has 0 unspecified atom stereocenters. The number of halogens is 1. The summed E-state index contributed by atoms with van der Waals surface area (Å²) in [6, 6.07) is 3.64. The Morgan fingerprint density at radius 3 is 2.61 bits per heavy atom. The van der Waals surface area contributed by atoms with Crippen molar-refractivity contribution in [1.29, 1.82) is 0 Å². The molecule has 0 atom stereocenters. The second-order valence-electron chi connectivity index (χ2n) is 4.06. The Kier molecular flexibility index (Phi) is 6.52. The quantitative estimate of drug-likeness (QED) is 0.743. The molecule has 0 fully saturated rings. The molecule has 0 saturated carbocycles. The van der Waals surface area contributed by atoms with Gasteiger partial charge in [-0.2, -0.15) is 0 Å². The number of rotatable bonds is 8. The van der Waals surface area contributed by atoms with Crippen LogP contribution < -0.4 is 5.73 Å². The van der Waals surface area contributed by atoms with Crippen LogP contribution in [0.4, 0.5) is 0 Å². The molecule has 0 radical (unpaired) electrons. The van der Waals surface area contributed by atoms with Crippen molar-refractivity contribution >= 4 is 39.0 Å². The molecule has 0 aliphatic carbocycles. The summed E-state index contributed by atoms with van der Waals surface area (Å²) in [4.78, 5) is 25.5. The van der Waals surface area contributed by atoms with Crippen molar-refractivity contribution < 1.29 is 9.59 Å². The fraction of sp³-hybridized carbons (Fsp3) is 0.500. The highest BCUT2D eigenvalue weighted by molar-refractivity contribution is 9.11. The normalized spacial score (nSPS) is 10.8. The lowest BCUT2D eigenvalue weighted by atomic mass is 10.2. The summed E-state index contributed by atoms with van der Waals surface area (Å²) in [6.07, 6.45) is 1.97. The van der Waals surface area contributed by atoms with Crippen LogP contribution in [0.1, 0.15) is 29.4 Å². The summed E-state index contributed by atoms with van der Waals surface area (Å²) in [7, 11) is 0. The van der Waals surface area contributed by atoms with Gasteiger partial charge >= 0.3 is 0 Å². The molecule has 2 N–H and O–H groups in total. The fourth-order valence-electron chi connectivity index (χ4n) is 1.56. The van der Waals surface area contributed by atoms with E-state index in [1.54, 1.807) is 6.07 Å². The number of ketones is 1. The second kappa shape index (κ2) is 7.66. The smallest absolute Gasteiger partial charge is 0.231 e. The van der Waals surface area contributed by atoms with Crippen molar-refractivity contribution in [2.24, 2.45) is 5.73 Å². The SMILES string of the molecule is CCCCN(CC(N)=O)CC(=O)c1ccc(Br)s1. The van der Waals surface area contributed by atoms with E-state index in [1.807, 2.05) is 11.0 Å². The van der Waals surface area contributed by atoms with Crippen molar-refractivity contribution in [1.82, 2.24) is 4.90 Å². The minimum Gasteiger partial charge on any atom is -0.369 e. The van der Waals surface area contributed by atoms with E-state index < -0.39 is 5.91 Å². The average molecular weight is 333 g/mol. The van der Waals surface area contributed by atoms with Gasteiger partial charge in [0.15, 0.2) is 5.78 Å². The number of carbonyl (C=O) groups is 2. The number of nitrogens with zero attached hydrogens (tertiary/aromatic N) is 1. The molecule has 0 aliphatic rings. The first-order valence-corrected chi connectivity index (χ1v) is 7.43. The van der Waals surface area contributed by atoms with E-state index >= 15 is 0 Å². The third-order valence-corrected chi connectivity index (χ3v) is 4.09. The number of Topliss-reactive ketones (excluding diaryl/α,β-unsaturated/α-hetero) is 1. The molecule has 0 aromatic carbocycles. The van der Waals surface area contributed by atoms with Crippen LogP contribution in [0.2, 0.25) is 0 Å². The Morgan fingerprint density at radius 1 is 1.39 bits per heavy atom. The second-order valence-corrected chi connectivity index (χ2v) is 6.52. The molecule has 0 bridgehead atoms. The Balaban J connectivity index is 2.58. The molecule has 0 spiro atoms. The van der Waals surface area contributed by atoms with Gasteiger partial charge in [-0.25, -0.2) is 0 Å². The largest absolute Gasteiger partial charge is 0.369 e. The third kappa shape index (κ3) is 5.29. The molecule has 4 nitrogen and oxygen atoms in total. The van der Waals surface area contributed by atoms with Gasteiger partial charge in [0.25, 0.3) is 0 Å². The lowest BCUT2D eigenvalue weighted by molar-refractivity contribution is -0.119. The molecule has 1 rings (SSSR count). The molecule has 0 aliphatic heterocycles. The van der Waals surface area contributed by atoms with Gasteiger partial charge in [0.05, 0.1) is 21.8 Å². The summed E-state index contributed by atoms with van der Waals surface area (Å²) in [6.45, 7) is 3.17. The maximum absolute atomic E-state index is 12.0. The topological polar surface area (TPSA) is 63.4 Å². The van der Waals surface area contributed by atoms with Crippen molar-refractivity contribution in [3.8, 4) is 0 Å². The minimum atomic E-state index is -0.397. The van der Waals surface area contributed by atoms with Gasteiger partial charge in [-0.15, -0.1) is 11.3 Å². The number of nitrogens with two attached hydrogens (primary N) is 1. The standard InChI is InChI=1S/C12H17BrN2O2S/c1-2-3-6-15(8-12(14)17)7-9(16)10-4-5-11(13)18-10/h4-5H,2-3,6-8H2,1H3,(H2,14,17). The van der Waals surface area contributed by atoms with E-state index in [-0.39, 0.29) is 18.9 Å². The van der Waals surface area contributed by atoms with Gasteiger partial charge in [0.1, 0.15) is 0 Å². The number of unbranched alkanes of at least 4 members (excludes halogenated alkanes) is 1. The molecule has 18 heavy (non-hydrogen) atoms. The fourth-order valence-corrected chi connectivity index (χ4v) is 2.88. The van der Waals surface area contributed by atoms with Crippen LogP contribution in [0, 0.1) is 0 Å². The number of carbonyl (C=O) groups excluding carboxylic acids is 2. The highest BCUT2D eigenvalue weighted by Crippen LogP contribution is 2.22. The molecular formula is C12H17BrN2O2S. The average Bonchev–Trinajstić information content (AvgIpc) is 2.72. The predicted octanol–water partition coefficient (Wildman–Crippen LogP) is 2.28. The molecule has 0 saturated heterocycles. The monoisotopic (exact) mass is 332 g/mol. The van der Waals surface area contributed by atoms with Crippen molar-refractivity contribution in [3.63, 3.8) is 0 Å². The van der Waals surface area contributed by atoms with E-state index in [0.717, 1.165) is 23.2 Å². The maximum atomic E-state index is 12.0. The van der Waals surface area contributed by atoms with E-state index in [1.165, 1.54) is 11.3 Å². The van der Waals surface area contributed by atoms with Gasteiger partial charge in [-0.3, -0.25) is 14.5 Å². The zero-order valence-electron chi connectivity index (χ0n) is 10.3. The predicted molar refractivity (Wildman–Crippen MR) is 76.9 cm³/mol. The number of hydrogen-bond acceptors (Lipinski definition) is 4. The third-order valence-electron chi connectivity index (χ3n) is 2.42. The van der Waals surface area contributed by atoms with Gasteiger partial charge < -0.3 is 5.73 Å². The maximum Gasteiger partial charge on any atom is 0.231 e. The van der Waals surface area contributed by atoms with Crippen molar-refractivity contribution in [2.45, 2.75) is 19.8 Å². The van der Waals surface area contributed by atoms with E-state index in [9.17, 15) is 9.59 Å². The molecule has 100 valence electrons. The lowest BCUT2D eigenvalue weighted by Crippen LogP contribution is -2.37. The Morgan fingerprint density at radius 2 is 2.11 bits per heavy atom. The Bertz CT molecular complexity index is 420. The molecule has 1 aromatic rings. The molecular weight excluding hydrogens is 316 g/mol. The Labute approximate surface area is 119 Å². The molecule has 1 aromatic heterocycles. The van der Waals surface area contributed by atoms with Gasteiger partial charge in [0.2, 0.25) is 5.91 Å². The first-order chi connectivity index (χ1) is 8.52. The molecule has 1 heterocycles. The summed E-state index contributed by atoms with van der Waals surface area (Å²) >= 11 is 4.73. The van der Waals surface area contributed by atoms with Crippen molar-refractivity contribution in [2.75, 3.05) is 19.6 Å². The van der Waals surface area contributed by atoms with Crippen LogP contribution in [0.3, 0.4) is 0 Å². The lowest BCUT2D eigenvalue weighted by Gasteiger charge is -2.18. The van der Waals surface area contributed by atoms with Crippen LogP contribution in [0.25, 0.3) is 0 Å². The highest BCUT2D eigenvalue weighted by atomic mass is 79.9. The van der Waals surface area contributed by atoms with Crippen LogP contribution >= 0.6 is 27.3 Å². The van der Waals surface area contributed by atoms with E-state index in [4.69, 9.17) is 5.73 Å². The van der Waals surface area contributed by atoms with Gasteiger partial charge in [-0.05, 0) is 41.0 Å². The summed E-state index contributed by atoms with van der Waals surface area (Å²) in [5, 5.41) is 0. The number of amides is 1. The number of primary amides is 1. The van der Waals surface area contributed by atoms with Gasteiger partial charge in [-0.1, -0.05) is 13.3 Å². The van der Waals surface area contributed by atoms with Crippen molar-refractivity contribution in [3.05, 3.63) is 20.8 Å². The summed E-state index contributed by atoms with van der Waals surface area (Å²) in [5.74, 6) is -0.366. The zero-order chi connectivity index (χ0) is 13.5. The van der Waals surface area contributed by atoms with Crippen LogP contribution in [-0.2, 0) is 4.79 Å². The van der Waals surface area contributed by atoms with Crippen LogP contribution in [0.5, 0.6) is 0 Å².